The van der Waals surface area contributed by atoms with Gasteiger partial charge in [0, 0.05) is 5.39 Å². The van der Waals surface area contributed by atoms with Gasteiger partial charge in [0.05, 0.1) is 11.2 Å². The number of nitrogens with one attached hydrogen (secondary N) is 1. The van der Waals surface area contributed by atoms with Crippen LogP contribution in [0.1, 0.15) is 28.2 Å². The third-order valence-corrected chi connectivity index (χ3v) is 5.10. The molecule has 2 heterocycles. The molecule has 5 aromatic rings. The smallest absolute Gasteiger partial charge is 0.172 e. The second-order valence-corrected chi connectivity index (χ2v) is 7.48. The van der Waals surface area contributed by atoms with Crippen LogP contribution >= 0.6 is 0 Å². The van der Waals surface area contributed by atoms with Crippen molar-refractivity contribution in [2.45, 2.75) is 6.61 Å². The molecule has 0 fully saturated rings. The number of pyridine rings is 1. The summed E-state index contributed by atoms with van der Waals surface area (Å²) in [6.45, 7) is 0.435. The fourth-order valence-electron chi connectivity index (χ4n) is 3.39. The zero-order valence-corrected chi connectivity index (χ0v) is 17.8. The number of tetrazole rings is 1. The Kier molecular flexibility index (Phi) is 5.98. The molecule has 160 valence electrons. The zero-order valence-electron chi connectivity index (χ0n) is 17.8. The van der Waals surface area contributed by atoms with Crippen LogP contribution in [-0.4, -0.2) is 25.6 Å². The number of benzene rings is 3. The molecule has 6 nitrogen and oxygen atoms in total. The van der Waals surface area contributed by atoms with E-state index >= 15 is 0 Å². The summed E-state index contributed by atoms with van der Waals surface area (Å²) in [5.41, 5.74) is 5.16. The van der Waals surface area contributed by atoms with Gasteiger partial charge < -0.3 is 4.74 Å². The van der Waals surface area contributed by atoms with Crippen molar-refractivity contribution in [3.05, 3.63) is 113 Å². The van der Waals surface area contributed by atoms with Crippen molar-refractivity contribution < 1.29 is 4.74 Å². The molecule has 0 atom stereocenters. The minimum atomic E-state index is 0.435. The number of ether oxygens (including phenoxy) is 1. The van der Waals surface area contributed by atoms with E-state index in [0.29, 0.717) is 12.4 Å². The van der Waals surface area contributed by atoms with Gasteiger partial charge in [0.2, 0.25) is 0 Å². The fraction of sp³-hybridized carbons (Fsp3) is 0.0370. The van der Waals surface area contributed by atoms with E-state index in [-0.39, 0.29) is 0 Å². The lowest BCUT2D eigenvalue weighted by molar-refractivity contribution is 0.302. The van der Waals surface area contributed by atoms with Gasteiger partial charge in [-0.1, -0.05) is 72.8 Å². The molecular formula is C27H21N5O. The first-order valence-electron chi connectivity index (χ1n) is 10.6. The van der Waals surface area contributed by atoms with E-state index < -0.39 is 0 Å². The van der Waals surface area contributed by atoms with Crippen molar-refractivity contribution in [1.82, 2.24) is 25.6 Å². The molecular weight excluding hydrogens is 410 g/mol. The lowest BCUT2D eigenvalue weighted by atomic mass is 10.1. The number of para-hydroxylation sites is 1. The molecule has 0 saturated heterocycles. The van der Waals surface area contributed by atoms with Crippen LogP contribution in [0.5, 0.6) is 5.75 Å². The molecule has 0 radical (unpaired) electrons. The molecule has 3 aromatic carbocycles. The summed E-state index contributed by atoms with van der Waals surface area (Å²) in [4.78, 5) is 4.65. The predicted molar refractivity (Wildman–Crippen MR) is 131 cm³/mol. The number of rotatable bonds is 7. The molecule has 0 spiro atoms. The summed E-state index contributed by atoms with van der Waals surface area (Å²) in [5, 5.41) is 14.8. The summed E-state index contributed by atoms with van der Waals surface area (Å²) in [7, 11) is 0. The van der Waals surface area contributed by atoms with Crippen LogP contribution in [0.4, 0.5) is 0 Å². The molecule has 0 aliphatic rings. The highest BCUT2D eigenvalue weighted by molar-refractivity contribution is 5.78. The quantitative estimate of drug-likeness (QED) is 0.336. The van der Waals surface area contributed by atoms with Gasteiger partial charge >= 0.3 is 0 Å². The number of fused-ring (bicyclic) bond motifs is 1. The molecule has 0 saturated carbocycles. The first-order valence-corrected chi connectivity index (χ1v) is 10.6. The van der Waals surface area contributed by atoms with Gasteiger partial charge in [0.15, 0.2) is 5.82 Å². The Labute approximate surface area is 191 Å². The first kappa shape index (κ1) is 20.3. The predicted octanol–water partition coefficient (Wildman–Crippen LogP) is 5.67. The molecule has 2 aromatic heterocycles. The van der Waals surface area contributed by atoms with Crippen LogP contribution in [0, 0.1) is 0 Å². The summed E-state index contributed by atoms with van der Waals surface area (Å²) < 4.78 is 5.92. The Hall–Kier alpha value is -4.58. The van der Waals surface area contributed by atoms with E-state index in [1.807, 2.05) is 72.8 Å². The molecule has 33 heavy (non-hydrogen) atoms. The molecule has 0 aliphatic heterocycles. The second kappa shape index (κ2) is 9.70. The van der Waals surface area contributed by atoms with E-state index in [4.69, 9.17) is 4.74 Å². The normalized spacial score (nSPS) is 11.5. The summed E-state index contributed by atoms with van der Waals surface area (Å²) in [6, 6.07) is 28.4. The number of hydrogen-bond acceptors (Lipinski definition) is 5. The summed E-state index contributed by atoms with van der Waals surface area (Å²) >= 11 is 0. The van der Waals surface area contributed by atoms with Crippen LogP contribution in [0.25, 0.3) is 35.2 Å². The Balaban J connectivity index is 1.20. The van der Waals surface area contributed by atoms with E-state index in [1.165, 1.54) is 0 Å². The highest BCUT2D eigenvalue weighted by Gasteiger charge is 2.00. The standard InChI is InChI=1S/C27H21N5O/c1-2-7-26-23(6-1)13-14-24(28-26)19-33-25-15-10-20(11-16-25)8-9-21-4-3-5-22(18-21)12-17-27-29-31-32-30-27/h1-18H,19H2,(H,29,30,31,32). The molecule has 1 N–H and O–H groups in total. The van der Waals surface area contributed by atoms with Gasteiger partial charge in [-0.3, -0.25) is 0 Å². The van der Waals surface area contributed by atoms with Gasteiger partial charge in [0.1, 0.15) is 12.4 Å². The minimum Gasteiger partial charge on any atom is -0.487 e. The number of hydrogen-bond donors (Lipinski definition) is 1. The lowest BCUT2D eigenvalue weighted by Gasteiger charge is -2.07. The number of aromatic amines is 1. The van der Waals surface area contributed by atoms with Gasteiger partial charge in [0.25, 0.3) is 0 Å². The Bertz CT molecular complexity index is 1410. The second-order valence-electron chi connectivity index (χ2n) is 7.48. The van der Waals surface area contributed by atoms with Crippen molar-refractivity contribution in [3.63, 3.8) is 0 Å². The average molecular weight is 431 g/mol. The van der Waals surface area contributed by atoms with E-state index in [1.54, 1.807) is 0 Å². The van der Waals surface area contributed by atoms with Crippen molar-refractivity contribution in [3.8, 4) is 5.75 Å². The highest BCUT2D eigenvalue weighted by atomic mass is 16.5. The van der Waals surface area contributed by atoms with Gasteiger partial charge in [-0.25, -0.2) is 10.1 Å². The average Bonchev–Trinajstić information content (AvgIpc) is 3.40. The SMILES string of the molecule is C(=Cc1cccc(C=Cc2nnn[nH]2)c1)c1ccc(OCc2ccc3ccccc3n2)cc1. The fourth-order valence-corrected chi connectivity index (χ4v) is 3.39. The van der Waals surface area contributed by atoms with Crippen molar-refractivity contribution in [1.29, 1.82) is 0 Å². The van der Waals surface area contributed by atoms with E-state index in [2.05, 4.69) is 62.0 Å². The maximum atomic E-state index is 5.92. The van der Waals surface area contributed by atoms with Crippen LogP contribution < -0.4 is 4.74 Å². The minimum absolute atomic E-state index is 0.435. The van der Waals surface area contributed by atoms with Gasteiger partial charge in [-0.2, -0.15) is 0 Å². The van der Waals surface area contributed by atoms with Crippen LogP contribution in [-0.2, 0) is 6.61 Å². The largest absolute Gasteiger partial charge is 0.487 e. The summed E-state index contributed by atoms with van der Waals surface area (Å²) in [6.07, 6.45) is 7.98. The van der Waals surface area contributed by atoms with E-state index in [9.17, 15) is 0 Å². The maximum Gasteiger partial charge on any atom is 0.172 e. The third kappa shape index (κ3) is 5.37. The van der Waals surface area contributed by atoms with Crippen LogP contribution in [0.2, 0.25) is 0 Å². The molecule has 6 heteroatoms. The molecule has 0 aliphatic carbocycles. The monoisotopic (exact) mass is 431 g/mol. The lowest BCUT2D eigenvalue weighted by Crippen LogP contribution is -1.98. The molecule has 0 bridgehead atoms. The number of aromatic nitrogens is 5. The number of H-pyrrole nitrogens is 1. The van der Waals surface area contributed by atoms with Gasteiger partial charge in [-0.05, 0) is 63.5 Å². The Morgan fingerprint density at radius 2 is 1.52 bits per heavy atom. The highest BCUT2D eigenvalue weighted by Crippen LogP contribution is 2.18. The third-order valence-electron chi connectivity index (χ3n) is 5.10. The first-order chi connectivity index (χ1) is 16.3. The zero-order chi connectivity index (χ0) is 22.3. The van der Waals surface area contributed by atoms with Crippen LogP contribution in [0.15, 0.2) is 84.9 Å². The maximum absolute atomic E-state index is 5.92. The topological polar surface area (TPSA) is 76.6 Å². The van der Waals surface area contributed by atoms with Crippen LogP contribution in [0.3, 0.4) is 0 Å². The van der Waals surface area contributed by atoms with Crippen molar-refractivity contribution in [2.24, 2.45) is 0 Å². The number of nitrogens with zero attached hydrogens (tertiary/aromatic N) is 4. The van der Waals surface area contributed by atoms with Gasteiger partial charge in [-0.15, -0.1) is 5.10 Å². The molecule has 0 unspecified atom stereocenters. The van der Waals surface area contributed by atoms with Crippen molar-refractivity contribution in [2.75, 3.05) is 0 Å². The van der Waals surface area contributed by atoms with E-state index in [0.717, 1.165) is 39.0 Å². The summed E-state index contributed by atoms with van der Waals surface area (Å²) in [5.74, 6) is 1.44. The Morgan fingerprint density at radius 1 is 0.727 bits per heavy atom. The molecule has 5 rings (SSSR count). The molecule has 0 amide bonds. The Morgan fingerprint density at radius 3 is 2.33 bits per heavy atom. The van der Waals surface area contributed by atoms with Crippen molar-refractivity contribution >= 4 is 35.2 Å².